The van der Waals surface area contributed by atoms with Crippen molar-refractivity contribution in [1.29, 1.82) is 0 Å². The summed E-state index contributed by atoms with van der Waals surface area (Å²) in [6.45, 7) is 4.56. The van der Waals surface area contributed by atoms with Crippen molar-refractivity contribution in [3.05, 3.63) is 34.7 Å². The number of amidine groups is 1. The third-order valence-electron chi connectivity index (χ3n) is 3.49. The van der Waals surface area contributed by atoms with Gasteiger partial charge in [0.15, 0.2) is 5.17 Å². The van der Waals surface area contributed by atoms with Gasteiger partial charge in [-0.15, -0.1) is 0 Å². The molecule has 5 heteroatoms. The molecule has 21 heavy (non-hydrogen) atoms. The van der Waals surface area contributed by atoms with E-state index < -0.39 is 0 Å². The molecule has 2 heterocycles. The van der Waals surface area contributed by atoms with Gasteiger partial charge in [-0.3, -0.25) is 4.79 Å². The van der Waals surface area contributed by atoms with Crippen molar-refractivity contribution >= 4 is 28.9 Å². The molecule has 1 aromatic carbocycles. The first-order valence-corrected chi connectivity index (χ1v) is 8.09. The lowest BCUT2D eigenvalue weighted by Gasteiger charge is -2.14. The predicted molar refractivity (Wildman–Crippen MR) is 86.4 cm³/mol. The van der Waals surface area contributed by atoms with Crippen LogP contribution >= 0.6 is 11.8 Å². The van der Waals surface area contributed by atoms with Crippen molar-refractivity contribution in [2.24, 2.45) is 4.99 Å². The maximum absolute atomic E-state index is 12.1. The largest absolute Gasteiger partial charge is 0.493 e. The predicted octanol–water partition coefficient (Wildman–Crippen LogP) is 3.15. The van der Waals surface area contributed by atoms with E-state index in [0.29, 0.717) is 11.5 Å². The van der Waals surface area contributed by atoms with E-state index in [1.807, 2.05) is 37.3 Å². The van der Waals surface area contributed by atoms with Gasteiger partial charge in [0, 0.05) is 18.7 Å². The summed E-state index contributed by atoms with van der Waals surface area (Å²) in [7, 11) is 0. The number of likely N-dealkylation sites (tertiary alicyclic amines) is 1. The maximum Gasteiger partial charge on any atom is 0.286 e. The Labute approximate surface area is 128 Å². The van der Waals surface area contributed by atoms with Crippen molar-refractivity contribution in [2.75, 3.05) is 19.7 Å². The van der Waals surface area contributed by atoms with E-state index in [1.54, 1.807) is 0 Å². The SMILES string of the molecule is CCOc1ccccc1C=C1SC(N2CCCC2)=NC1=O. The maximum atomic E-state index is 12.1. The van der Waals surface area contributed by atoms with Crippen molar-refractivity contribution < 1.29 is 9.53 Å². The highest BCUT2D eigenvalue weighted by Crippen LogP contribution is 2.33. The summed E-state index contributed by atoms with van der Waals surface area (Å²) >= 11 is 1.47. The first-order valence-electron chi connectivity index (χ1n) is 7.27. The van der Waals surface area contributed by atoms with Gasteiger partial charge < -0.3 is 9.64 Å². The second kappa shape index (κ2) is 6.35. The summed E-state index contributed by atoms with van der Waals surface area (Å²) < 4.78 is 5.60. The highest BCUT2D eigenvalue weighted by molar-refractivity contribution is 8.18. The molecule has 2 aliphatic heterocycles. The first kappa shape index (κ1) is 14.2. The molecule has 3 rings (SSSR count). The molecular weight excluding hydrogens is 284 g/mol. The zero-order valence-corrected chi connectivity index (χ0v) is 12.9. The van der Waals surface area contributed by atoms with Crippen LogP contribution in [0.3, 0.4) is 0 Å². The first-order chi connectivity index (χ1) is 10.3. The lowest BCUT2D eigenvalue weighted by atomic mass is 10.2. The average molecular weight is 302 g/mol. The molecule has 0 aromatic heterocycles. The van der Waals surface area contributed by atoms with E-state index in [-0.39, 0.29) is 5.91 Å². The molecule has 4 nitrogen and oxygen atoms in total. The van der Waals surface area contributed by atoms with Crippen LogP contribution in [0.1, 0.15) is 25.3 Å². The second-order valence-electron chi connectivity index (χ2n) is 4.98. The monoisotopic (exact) mass is 302 g/mol. The fraction of sp³-hybridized carbons (Fsp3) is 0.375. The molecule has 1 fully saturated rings. The molecule has 0 spiro atoms. The fourth-order valence-corrected chi connectivity index (χ4v) is 3.43. The summed E-state index contributed by atoms with van der Waals surface area (Å²) in [5.74, 6) is 0.656. The van der Waals surface area contributed by atoms with Crippen molar-refractivity contribution in [3.8, 4) is 5.75 Å². The normalized spacial score (nSPS) is 20.2. The number of aliphatic imine (C=N–C) groups is 1. The van der Waals surface area contributed by atoms with Gasteiger partial charge >= 0.3 is 0 Å². The summed E-state index contributed by atoms with van der Waals surface area (Å²) in [6.07, 6.45) is 4.24. The summed E-state index contributed by atoms with van der Waals surface area (Å²) in [5, 5.41) is 0.845. The van der Waals surface area contributed by atoms with E-state index in [2.05, 4.69) is 9.89 Å². The highest BCUT2D eigenvalue weighted by Gasteiger charge is 2.27. The quantitative estimate of drug-likeness (QED) is 0.804. The van der Waals surface area contributed by atoms with Crippen LogP contribution in [0.2, 0.25) is 0 Å². The number of rotatable bonds is 3. The Morgan fingerprint density at radius 2 is 2.10 bits per heavy atom. The van der Waals surface area contributed by atoms with Gasteiger partial charge in [-0.1, -0.05) is 18.2 Å². The molecule has 1 saturated heterocycles. The van der Waals surface area contributed by atoms with Gasteiger partial charge in [0.1, 0.15) is 5.75 Å². The van der Waals surface area contributed by atoms with Gasteiger partial charge in [-0.2, -0.15) is 4.99 Å². The number of thioether (sulfide) groups is 1. The Balaban J connectivity index is 1.80. The number of hydrogen-bond acceptors (Lipinski definition) is 4. The molecule has 0 saturated carbocycles. The summed E-state index contributed by atoms with van der Waals surface area (Å²) in [4.78, 5) is 19.1. The van der Waals surface area contributed by atoms with Gasteiger partial charge in [-0.25, -0.2) is 0 Å². The van der Waals surface area contributed by atoms with E-state index >= 15 is 0 Å². The van der Waals surface area contributed by atoms with Crippen molar-refractivity contribution in [2.45, 2.75) is 19.8 Å². The van der Waals surface area contributed by atoms with Crippen LogP contribution in [-0.4, -0.2) is 35.7 Å². The van der Waals surface area contributed by atoms with Crippen LogP contribution in [0, 0.1) is 0 Å². The number of benzene rings is 1. The van der Waals surface area contributed by atoms with Gasteiger partial charge in [0.05, 0.1) is 11.5 Å². The molecule has 2 aliphatic rings. The number of nitrogens with zero attached hydrogens (tertiary/aromatic N) is 2. The number of para-hydroxylation sites is 1. The Hall–Kier alpha value is -1.75. The van der Waals surface area contributed by atoms with Gasteiger partial charge in [0.25, 0.3) is 5.91 Å². The Kier molecular flexibility index (Phi) is 4.29. The summed E-state index contributed by atoms with van der Waals surface area (Å²) in [5.41, 5.74) is 0.924. The second-order valence-corrected chi connectivity index (χ2v) is 5.98. The number of amides is 1. The van der Waals surface area contributed by atoms with Crippen molar-refractivity contribution in [3.63, 3.8) is 0 Å². The average Bonchev–Trinajstić information content (AvgIpc) is 3.12. The zero-order valence-electron chi connectivity index (χ0n) is 12.0. The standard InChI is InChI=1S/C16H18N2O2S/c1-2-20-13-8-4-3-7-12(13)11-14-15(19)17-16(21-14)18-9-5-6-10-18/h3-4,7-8,11H,2,5-6,9-10H2,1H3. The lowest BCUT2D eigenvalue weighted by Crippen LogP contribution is -2.23. The van der Waals surface area contributed by atoms with E-state index in [1.165, 1.54) is 24.6 Å². The highest BCUT2D eigenvalue weighted by atomic mass is 32.2. The fourth-order valence-electron chi connectivity index (χ4n) is 2.47. The number of carbonyl (C=O) groups excluding carboxylic acids is 1. The van der Waals surface area contributed by atoms with Gasteiger partial charge in [0.2, 0.25) is 0 Å². The molecule has 1 amide bonds. The van der Waals surface area contributed by atoms with Crippen LogP contribution in [0.15, 0.2) is 34.2 Å². The van der Waals surface area contributed by atoms with E-state index in [4.69, 9.17) is 4.74 Å². The zero-order chi connectivity index (χ0) is 14.7. The van der Waals surface area contributed by atoms with Crippen LogP contribution < -0.4 is 4.74 Å². The molecule has 0 bridgehead atoms. The molecule has 0 N–H and O–H groups in total. The molecular formula is C16H18N2O2S. The Bertz CT molecular complexity index is 604. The number of carbonyl (C=O) groups is 1. The third-order valence-corrected chi connectivity index (χ3v) is 4.54. The Morgan fingerprint density at radius 1 is 1.33 bits per heavy atom. The van der Waals surface area contributed by atoms with Crippen LogP contribution in [0.4, 0.5) is 0 Å². The van der Waals surface area contributed by atoms with Crippen LogP contribution in [0.25, 0.3) is 6.08 Å². The Morgan fingerprint density at radius 3 is 2.86 bits per heavy atom. The molecule has 0 radical (unpaired) electrons. The van der Waals surface area contributed by atoms with Gasteiger partial charge in [-0.05, 0) is 43.7 Å². The molecule has 0 unspecified atom stereocenters. The minimum Gasteiger partial charge on any atom is -0.493 e. The third kappa shape index (κ3) is 3.13. The van der Waals surface area contributed by atoms with Crippen molar-refractivity contribution in [1.82, 2.24) is 4.90 Å². The topological polar surface area (TPSA) is 41.9 Å². The lowest BCUT2D eigenvalue weighted by molar-refractivity contribution is -0.113. The minimum absolute atomic E-state index is 0.145. The van der Waals surface area contributed by atoms with Crippen LogP contribution in [0.5, 0.6) is 5.75 Å². The minimum atomic E-state index is -0.145. The van der Waals surface area contributed by atoms with E-state index in [9.17, 15) is 4.79 Å². The number of ether oxygens (including phenoxy) is 1. The smallest absolute Gasteiger partial charge is 0.286 e. The molecule has 0 aliphatic carbocycles. The number of hydrogen-bond donors (Lipinski definition) is 0. The van der Waals surface area contributed by atoms with Crippen LogP contribution in [-0.2, 0) is 4.79 Å². The van der Waals surface area contributed by atoms with E-state index in [0.717, 1.165) is 29.6 Å². The molecule has 1 aromatic rings. The molecule has 110 valence electrons. The summed E-state index contributed by atoms with van der Waals surface area (Å²) in [6, 6.07) is 7.76. The molecule has 0 atom stereocenters.